The summed E-state index contributed by atoms with van der Waals surface area (Å²) in [5.74, 6) is 0.293. The van der Waals surface area contributed by atoms with Gasteiger partial charge >= 0.3 is 0 Å². The second kappa shape index (κ2) is 12.7. The van der Waals surface area contributed by atoms with Gasteiger partial charge in [0.05, 0.1) is 22.2 Å². The fourth-order valence-corrected chi connectivity index (χ4v) is 5.06. The molecule has 0 radical (unpaired) electrons. The second-order valence-electron chi connectivity index (χ2n) is 7.12. The minimum atomic E-state index is -3.97. The first-order chi connectivity index (χ1) is 14.8. The number of nitrogens with one attached hydrogen (secondary N) is 1. The van der Waals surface area contributed by atoms with Gasteiger partial charge in [-0.2, -0.15) is 5.26 Å². The van der Waals surface area contributed by atoms with Crippen LogP contribution in [0.5, 0.6) is 0 Å². The van der Waals surface area contributed by atoms with Crippen LogP contribution in [0.4, 0.5) is 4.39 Å². The molecule has 0 aliphatic heterocycles. The van der Waals surface area contributed by atoms with Gasteiger partial charge < -0.3 is 0 Å². The van der Waals surface area contributed by atoms with Gasteiger partial charge in [-0.3, -0.25) is 4.72 Å². The van der Waals surface area contributed by atoms with Crippen LogP contribution in [0.15, 0.2) is 94.7 Å². The van der Waals surface area contributed by atoms with E-state index in [-0.39, 0.29) is 16.2 Å². The summed E-state index contributed by atoms with van der Waals surface area (Å²) in [4.78, 5) is 0.163. The molecule has 0 aromatic heterocycles. The molecule has 0 saturated carbocycles. The van der Waals surface area contributed by atoms with Crippen molar-refractivity contribution < 1.29 is 12.8 Å². The number of rotatable bonds is 10. The van der Waals surface area contributed by atoms with Crippen molar-refractivity contribution in [3.63, 3.8) is 0 Å². The van der Waals surface area contributed by atoms with Crippen LogP contribution in [0.25, 0.3) is 0 Å². The number of allylic oxidation sites excluding steroid dienone is 13. The Morgan fingerprint density at radius 1 is 1.29 bits per heavy atom. The van der Waals surface area contributed by atoms with Crippen LogP contribution >= 0.6 is 0 Å². The van der Waals surface area contributed by atoms with E-state index in [4.69, 9.17) is 5.26 Å². The number of hydrogen-bond donors (Lipinski definition) is 1. The molecule has 0 heterocycles. The molecule has 0 spiro atoms. The van der Waals surface area contributed by atoms with E-state index in [2.05, 4.69) is 24.0 Å². The number of hydrogen-bond acceptors (Lipinski definition) is 3. The highest BCUT2D eigenvalue weighted by Crippen LogP contribution is 2.38. The molecule has 1 aliphatic carbocycles. The molecule has 0 bridgehead atoms. The smallest absolute Gasteiger partial charge is 0.261 e. The van der Waals surface area contributed by atoms with Crippen LogP contribution in [-0.4, -0.2) is 15.1 Å². The Morgan fingerprint density at radius 3 is 2.48 bits per heavy atom. The number of nitriles is 1. The standard InChI is InChI=1S/C25H31FN2O2S/c1-6-10-21(11-7-2)22-13-15-24(19(5)16-22)25(9-4)31(29,30)28-23(17-26)14-12-20(8-3)18-27/h6-12,14,22,28H,1,3,13,15-17H2,2,4-5H3/b11-7-,20-12+,21-10+,23-14+,25-9+. The lowest BCUT2D eigenvalue weighted by Crippen LogP contribution is -2.27. The van der Waals surface area contributed by atoms with Gasteiger partial charge in [-0.05, 0) is 69.2 Å². The SMILES string of the molecule is C=C/C=C(\C=C/C)C1CCC(/C(=C\C)S(=O)(=O)N/C(=C/C=C(/C#N)C=C)CF)=C(C)C1. The Kier molecular flexibility index (Phi) is 10.7. The van der Waals surface area contributed by atoms with Crippen LogP contribution < -0.4 is 4.72 Å². The van der Waals surface area contributed by atoms with Gasteiger partial charge in [-0.15, -0.1) is 0 Å². The van der Waals surface area contributed by atoms with E-state index < -0.39 is 16.7 Å². The van der Waals surface area contributed by atoms with Gasteiger partial charge in [0.15, 0.2) is 0 Å². The molecule has 1 atom stereocenters. The largest absolute Gasteiger partial charge is 0.281 e. The van der Waals surface area contributed by atoms with Gasteiger partial charge in [-0.25, -0.2) is 12.8 Å². The lowest BCUT2D eigenvalue weighted by molar-refractivity contribution is 0.524. The Balaban J connectivity index is 3.22. The fraction of sp³-hybridized carbons (Fsp3) is 0.320. The Labute approximate surface area is 186 Å². The summed E-state index contributed by atoms with van der Waals surface area (Å²) in [6.45, 7) is 11.8. The van der Waals surface area contributed by atoms with Gasteiger partial charge in [0.2, 0.25) is 0 Å². The highest BCUT2D eigenvalue weighted by Gasteiger charge is 2.28. The number of sulfonamides is 1. The van der Waals surface area contributed by atoms with Crippen molar-refractivity contribution in [2.24, 2.45) is 5.92 Å². The molecule has 4 nitrogen and oxygen atoms in total. The zero-order valence-corrected chi connectivity index (χ0v) is 19.3. The van der Waals surface area contributed by atoms with E-state index in [1.54, 1.807) is 19.1 Å². The molecule has 0 aromatic carbocycles. The molecule has 1 unspecified atom stereocenters. The summed E-state index contributed by atoms with van der Waals surface area (Å²) in [6.07, 6.45) is 15.4. The molecular formula is C25H31FN2O2S. The van der Waals surface area contributed by atoms with Crippen molar-refractivity contribution >= 4 is 10.0 Å². The topological polar surface area (TPSA) is 70.0 Å². The summed E-state index contributed by atoms with van der Waals surface area (Å²) in [7, 11) is -3.97. The Hall–Kier alpha value is -2.91. The first-order valence-corrected chi connectivity index (χ1v) is 11.6. The zero-order chi connectivity index (χ0) is 23.4. The van der Waals surface area contributed by atoms with E-state index in [1.165, 1.54) is 23.8 Å². The van der Waals surface area contributed by atoms with Gasteiger partial charge in [0, 0.05) is 0 Å². The van der Waals surface area contributed by atoms with Crippen molar-refractivity contribution in [1.82, 2.24) is 4.72 Å². The Morgan fingerprint density at radius 2 is 2.00 bits per heavy atom. The molecule has 166 valence electrons. The Bertz CT molecular complexity index is 1020. The summed E-state index contributed by atoms with van der Waals surface area (Å²) < 4.78 is 41.8. The molecule has 0 aromatic rings. The highest BCUT2D eigenvalue weighted by atomic mass is 32.2. The third-order valence-electron chi connectivity index (χ3n) is 5.02. The minimum absolute atomic E-state index is 0.148. The average molecular weight is 443 g/mol. The van der Waals surface area contributed by atoms with Crippen LogP contribution in [-0.2, 0) is 10.0 Å². The quantitative estimate of drug-likeness (QED) is 0.328. The third kappa shape index (κ3) is 7.37. The average Bonchev–Trinajstić information content (AvgIpc) is 2.74. The van der Waals surface area contributed by atoms with Crippen LogP contribution in [0.2, 0.25) is 0 Å². The first kappa shape index (κ1) is 26.1. The molecule has 1 aliphatic rings. The van der Waals surface area contributed by atoms with Crippen molar-refractivity contribution in [3.8, 4) is 6.07 Å². The zero-order valence-electron chi connectivity index (χ0n) is 18.5. The maximum Gasteiger partial charge on any atom is 0.261 e. The van der Waals surface area contributed by atoms with Crippen LogP contribution in [0, 0.1) is 17.2 Å². The lowest BCUT2D eigenvalue weighted by atomic mass is 9.80. The number of halogens is 1. The van der Waals surface area contributed by atoms with E-state index in [9.17, 15) is 12.8 Å². The second-order valence-corrected chi connectivity index (χ2v) is 8.77. The van der Waals surface area contributed by atoms with Gasteiger partial charge in [0.1, 0.15) is 6.67 Å². The van der Waals surface area contributed by atoms with Crippen LogP contribution in [0.3, 0.4) is 0 Å². The van der Waals surface area contributed by atoms with Gasteiger partial charge in [0.25, 0.3) is 10.0 Å². The third-order valence-corrected chi connectivity index (χ3v) is 6.62. The molecule has 1 rings (SSSR count). The lowest BCUT2D eigenvalue weighted by Gasteiger charge is -2.28. The van der Waals surface area contributed by atoms with Crippen molar-refractivity contribution in [2.45, 2.75) is 40.0 Å². The minimum Gasteiger partial charge on any atom is -0.281 e. The molecule has 1 N–H and O–H groups in total. The number of alkyl halides is 1. The van der Waals surface area contributed by atoms with E-state index >= 15 is 0 Å². The molecule has 0 saturated heterocycles. The maximum absolute atomic E-state index is 13.4. The summed E-state index contributed by atoms with van der Waals surface area (Å²) in [5, 5.41) is 8.92. The fourth-order valence-electron chi connectivity index (χ4n) is 3.57. The van der Waals surface area contributed by atoms with E-state index in [0.717, 1.165) is 24.0 Å². The van der Waals surface area contributed by atoms with E-state index in [1.807, 2.05) is 32.1 Å². The predicted molar refractivity (Wildman–Crippen MR) is 127 cm³/mol. The van der Waals surface area contributed by atoms with E-state index in [0.29, 0.717) is 12.3 Å². The van der Waals surface area contributed by atoms with Crippen molar-refractivity contribution in [3.05, 3.63) is 94.7 Å². The van der Waals surface area contributed by atoms with Crippen molar-refractivity contribution in [2.75, 3.05) is 6.67 Å². The molecular weight excluding hydrogens is 411 g/mol. The molecule has 0 fully saturated rings. The van der Waals surface area contributed by atoms with Crippen LogP contribution in [0.1, 0.15) is 40.0 Å². The summed E-state index contributed by atoms with van der Waals surface area (Å²) in [5.41, 5.74) is 2.99. The summed E-state index contributed by atoms with van der Waals surface area (Å²) >= 11 is 0. The monoisotopic (exact) mass is 442 g/mol. The normalized spacial score (nSPS) is 19.4. The highest BCUT2D eigenvalue weighted by molar-refractivity contribution is 7.93. The molecule has 6 heteroatoms. The summed E-state index contributed by atoms with van der Waals surface area (Å²) in [6, 6.07) is 1.88. The van der Waals surface area contributed by atoms with Gasteiger partial charge in [-0.1, -0.05) is 55.2 Å². The molecule has 0 amide bonds. The maximum atomic E-state index is 13.4. The van der Waals surface area contributed by atoms with Crippen molar-refractivity contribution in [1.29, 1.82) is 5.26 Å². The predicted octanol–water partition coefficient (Wildman–Crippen LogP) is 6.10. The first-order valence-electron chi connectivity index (χ1n) is 10.1. The molecule has 31 heavy (non-hydrogen) atoms. The number of nitrogens with zero attached hydrogens (tertiary/aromatic N) is 1.